The number of anilines is 1. The average molecular weight is 305 g/mol. The predicted octanol–water partition coefficient (Wildman–Crippen LogP) is 2.24. The minimum absolute atomic E-state index is 0.0272. The van der Waals surface area contributed by atoms with Crippen LogP contribution < -0.4 is 11.1 Å². The van der Waals surface area contributed by atoms with Gasteiger partial charge < -0.3 is 11.1 Å². The Morgan fingerprint density at radius 1 is 1.29 bits per heavy atom. The van der Waals surface area contributed by atoms with E-state index in [1.807, 2.05) is 24.3 Å². The maximum Gasteiger partial charge on any atom is 0.238 e. The summed E-state index contributed by atoms with van der Waals surface area (Å²) in [6, 6.07) is 7.30. The van der Waals surface area contributed by atoms with Crippen molar-refractivity contribution in [1.82, 2.24) is 4.90 Å². The third-order valence-electron chi connectivity index (χ3n) is 3.76. The molecule has 21 heavy (non-hydrogen) atoms. The monoisotopic (exact) mass is 305 g/mol. The number of nitrogens with zero attached hydrogens (tertiary/aromatic N) is 1. The average Bonchev–Trinajstić information content (AvgIpc) is 2.37. The van der Waals surface area contributed by atoms with E-state index in [0.29, 0.717) is 23.4 Å². The summed E-state index contributed by atoms with van der Waals surface area (Å²) in [5.74, 6) is 1.34. The first-order valence-corrected chi connectivity index (χ1v) is 7.77. The second-order valence-corrected chi connectivity index (χ2v) is 6.57. The number of benzene rings is 1. The number of amides is 1. The van der Waals surface area contributed by atoms with Gasteiger partial charge in [0.05, 0.1) is 6.54 Å². The van der Waals surface area contributed by atoms with Gasteiger partial charge in [-0.1, -0.05) is 26.1 Å². The van der Waals surface area contributed by atoms with Crippen molar-refractivity contribution >= 4 is 28.8 Å². The Bertz CT molecular complexity index is 505. The van der Waals surface area contributed by atoms with Crippen molar-refractivity contribution in [2.24, 2.45) is 17.6 Å². The number of rotatable bonds is 4. The molecule has 2 unspecified atom stereocenters. The summed E-state index contributed by atoms with van der Waals surface area (Å²) in [4.78, 5) is 14.7. The number of hydrogen-bond donors (Lipinski definition) is 2. The lowest BCUT2D eigenvalue weighted by atomic mass is 9.92. The molecular formula is C16H23N3OS. The zero-order valence-electron chi connectivity index (χ0n) is 12.6. The van der Waals surface area contributed by atoms with Gasteiger partial charge >= 0.3 is 0 Å². The summed E-state index contributed by atoms with van der Waals surface area (Å²) >= 11 is 4.91. The van der Waals surface area contributed by atoms with Crippen LogP contribution in [0.2, 0.25) is 0 Å². The minimum Gasteiger partial charge on any atom is -0.389 e. The topological polar surface area (TPSA) is 58.4 Å². The molecule has 0 aromatic heterocycles. The Morgan fingerprint density at radius 3 is 2.38 bits per heavy atom. The number of piperidine rings is 1. The molecule has 2 rings (SSSR count). The van der Waals surface area contributed by atoms with E-state index in [2.05, 4.69) is 24.1 Å². The van der Waals surface area contributed by atoms with Gasteiger partial charge in [-0.15, -0.1) is 0 Å². The van der Waals surface area contributed by atoms with Gasteiger partial charge in [0.25, 0.3) is 0 Å². The van der Waals surface area contributed by atoms with Gasteiger partial charge in [0, 0.05) is 24.3 Å². The number of thiocarbonyl (C=S) groups is 1. The first kappa shape index (κ1) is 15.9. The van der Waals surface area contributed by atoms with Crippen LogP contribution in [0.15, 0.2) is 24.3 Å². The molecule has 1 aliphatic rings. The maximum atomic E-state index is 12.1. The first-order chi connectivity index (χ1) is 9.94. The third kappa shape index (κ3) is 4.79. The molecule has 0 aliphatic carbocycles. The van der Waals surface area contributed by atoms with Crippen LogP contribution in [-0.2, 0) is 4.79 Å². The van der Waals surface area contributed by atoms with Crippen LogP contribution in [0.1, 0.15) is 25.8 Å². The van der Waals surface area contributed by atoms with E-state index in [0.717, 1.165) is 24.3 Å². The van der Waals surface area contributed by atoms with Gasteiger partial charge in [-0.2, -0.15) is 0 Å². The molecule has 1 aromatic carbocycles. The lowest BCUT2D eigenvalue weighted by Crippen LogP contribution is -2.42. The molecule has 4 nitrogen and oxygen atoms in total. The number of likely N-dealkylation sites (tertiary alicyclic amines) is 1. The van der Waals surface area contributed by atoms with Crippen LogP contribution in [0.5, 0.6) is 0 Å². The molecule has 1 amide bonds. The van der Waals surface area contributed by atoms with Crippen molar-refractivity contribution in [3.63, 3.8) is 0 Å². The van der Waals surface area contributed by atoms with Crippen LogP contribution in [-0.4, -0.2) is 35.4 Å². The Hall–Kier alpha value is -1.46. The number of hydrogen-bond acceptors (Lipinski definition) is 3. The number of carbonyl (C=O) groups is 1. The molecule has 2 atom stereocenters. The highest BCUT2D eigenvalue weighted by Crippen LogP contribution is 2.20. The summed E-state index contributed by atoms with van der Waals surface area (Å²) in [7, 11) is 0. The SMILES string of the molecule is CC1CC(C)CN(CC(=O)Nc2ccc(C(N)=S)cc2)C1. The zero-order valence-corrected chi connectivity index (χ0v) is 13.5. The predicted molar refractivity (Wildman–Crippen MR) is 90.3 cm³/mol. The van der Waals surface area contributed by atoms with Crippen molar-refractivity contribution in [3.8, 4) is 0 Å². The van der Waals surface area contributed by atoms with E-state index in [-0.39, 0.29) is 5.91 Å². The molecule has 1 aromatic rings. The van der Waals surface area contributed by atoms with Crippen LogP contribution in [0.3, 0.4) is 0 Å². The molecule has 114 valence electrons. The second kappa shape index (κ2) is 7.00. The highest BCUT2D eigenvalue weighted by atomic mass is 32.1. The molecule has 1 saturated heterocycles. The molecule has 1 aliphatic heterocycles. The van der Waals surface area contributed by atoms with E-state index in [1.54, 1.807) is 0 Å². The first-order valence-electron chi connectivity index (χ1n) is 7.36. The minimum atomic E-state index is 0.0272. The molecular weight excluding hydrogens is 282 g/mol. The van der Waals surface area contributed by atoms with E-state index in [1.165, 1.54) is 6.42 Å². The fourth-order valence-electron chi connectivity index (χ4n) is 3.04. The van der Waals surface area contributed by atoms with Gasteiger partial charge in [0.15, 0.2) is 0 Å². The third-order valence-corrected chi connectivity index (χ3v) is 4.00. The number of carbonyl (C=O) groups excluding carboxylic acids is 1. The van der Waals surface area contributed by atoms with Gasteiger partial charge in [-0.05, 0) is 42.5 Å². The van der Waals surface area contributed by atoms with Crippen molar-refractivity contribution in [2.45, 2.75) is 20.3 Å². The van der Waals surface area contributed by atoms with E-state index < -0.39 is 0 Å². The zero-order chi connectivity index (χ0) is 15.4. The molecule has 0 saturated carbocycles. The maximum absolute atomic E-state index is 12.1. The summed E-state index contributed by atoms with van der Waals surface area (Å²) in [5.41, 5.74) is 7.14. The summed E-state index contributed by atoms with van der Waals surface area (Å²) in [5, 5.41) is 2.92. The molecule has 1 fully saturated rings. The summed E-state index contributed by atoms with van der Waals surface area (Å²) < 4.78 is 0. The van der Waals surface area contributed by atoms with Gasteiger partial charge in [-0.3, -0.25) is 9.69 Å². The fourth-order valence-corrected chi connectivity index (χ4v) is 3.18. The Kier molecular flexibility index (Phi) is 5.31. The molecule has 1 heterocycles. The summed E-state index contributed by atoms with van der Waals surface area (Å²) in [6.45, 7) is 6.94. The summed E-state index contributed by atoms with van der Waals surface area (Å²) in [6.07, 6.45) is 1.25. The Labute approximate surface area is 131 Å². The van der Waals surface area contributed by atoms with Crippen molar-refractivity contribution in [1.29, 1.82) is 0 Å². The second-order valence-electron chi connectivity index (χ2n) is 6.13. The molecule has 5 heteroatoms. The largest absolute Gasteiger partial charge is 0.389 e. The highest BCUT2D eigenvalue weighted by Gasteiger charge is 2.23. The lowest BCUT2D eigenvalue weighted by molar-refractivity contribution is -0.117. The fraction of sp³-hybridized carbons (Fsp3) is 0.500. The highest BCUT2D eigenvalue weighted by molar-refractivity contribution is 7.80. The van der Waals surface area contributed by atoms with Gasteiger partial charge in [0.2, 0.25) is 5.91 Å². The van der Waals surface area contributed by atoms with Crippen LogP contribution in [0.25, 0.3) is 0 Å². The normalized spacial score (nSPS) is 22.8. The van der Waals surface area contributed by atoms with Crippen LogP contribution >= 0.6 is 12.2 Å². The molecule has 0 bridgehead atoms. The van der Waals surface area contributed by atoms with E-state index >= 15 is 0 Å². The van der Waals surface area contributed by atoms with E-state index in [4.69, 9.17) is 18.0 Å². The smallest absolute Gasteiger partial charge is 0.238 e. The molecule has 0 radical (unpaired) electrons. The molecule has 3 N–H and O–H groups in total. The quantitative estimate of drug-likeness (QED) is 0.838. The van der Waals surface area contributed by atoms with E-state index in [9.17, 15) is 4.79 Å². The van der Waals surface area contributed by atoms with Crippen molar-refractivity contribution < 1.29 is 4.79 Å². The van der Waals surface area contributed by atoms with Gasteiger partial charge in [0.1, 0.15) is 4.99 Å². The Balaban J connectivity index is 1.88. The molecule has 0 spiro atoms. The van der Waals surface area contributed by atoms with Crippen molar-refractivity contribution in [2.75, 3.05) is 25.0 Å². The van der Waals surface area contributed by atoms with Gasteiger partial charge in [-0.25, -0.2) is 0 Å². The van der Waals surface area contributed by atoms with Crippen molar-refractivity contribution in [3.05, 3.63) is 29.8 Å². The lowest BCUT2D eigenvalue weighted by Gasteiger charge is -2.34. The van der Waals surface area contributed by atoms with Crippen LogP contribution in [0.4, 0.5) is 5.69 Å². The Morgan fingerprint density at radius 2 is 1.86 bits per heavy atom. The van der Waals surface area contributed by atoms with Crippen LogP contribution in [0, 0.1) is 11.8 Å². The number of nitrogens with one attached hydrogen (secondary N) is 1. The standard InChI is InChI=1S/C16H23N3OS/c1-11-7-12(2)9-19(8-11)10-15(20)18-14-5-3-13(4-6-14)16(17)21/h3-6,11-12H,7-10H2,1-2H3,(H2,17,21)(H,18,20). The number of nitrogens with two attached hydrogens (primary N) is 1.